The lowest BCUT2D eigenvalue weighted by molar-refractivity contribution is -0.385. The van der Waals surface area contributed by atoms with Crippen molar-refractivity contribution in [3.05, 3.63) is 22.5 Å². The van der Waals surface area contributed by atoms with Crippen molar-refractivity contribution in [3.8, 4) is 0 Å². The highest BCUT2D eigenvalue weighted by atomic mass is 32.2. The molecular formula is C6H7N3O5S. The Labute approximate surface area is 86.1 Å². The first kappa shape index (κ1) is 11.3. The number of hydrogen-bond donors (Lipinski definition) is 1. The van der Waals surface area contributed by atoms with Crippen molar-refractivity contribution < 1.29 is 19.0 Å². The van der Waals surface area contributed by atoms with E-state index < -0.39 is 27.4 Å². The third kappa shape index (κ3) is 3.46. The van der Waals surface area contributed by atoms with E-state index >= 15 is 0 Å². The van der Waals surface area contributed by atoms with Gasteiger partial charge in [0, 0.05) is 0 Å². The fraction of sp³-hybridized carbons (Fsp3) is 0.333. The molecule has 0 aliphatic carbocycles. The van der Waals surface area contributed by atoms with E-state index in [1.54, 1.807) is 0 Å². The molecule has 1 heterocycles. The second-order valence-corrected chi connectivity index (χ2v) is 4.03. The SMILES string of the molecule is O=C(O)CS(=O)Cn1cc([N+](=O)[O-])cn1. The molecule has 82 valence electrons. The van der Waals surface area contributed by atoms with Crippen molar-refractivity contribution in [1.29, 1.82) is 0 Å². The van der Waals surface area contributed by atoms with E-state index in [-0.39, 0.29) is 11.6 Å². The van der Waals surface area contributed by atoms with Crippen LogP contribution in [0.5, 0.6) is 0 Å². The number of carboxylic acid groups (broad SMARTS) is 1. The van der Waals surface area contributed by atoms with Gasteiger partial charge in [-0.05, 0) is 0 Å². The average molecular weight is 233 g/mol. The van der Waals surface area contributed by atoms with Gasteiger partial charge in [-0.25, -0.2) is 0 Å². The molecule has 9 heteroatoms. The number of aromatic nitrogens is 2. The van der Waals surface area contributed by atoms with Gasteiger partial charge in [0.2, 0.25) is 0 Å². The Morgan fingerprint density at radius 3 is 2.87 bits per heavy atom. The summed E-state index contributed by atoms with van der Waals surface area (Å²) in [6, 6.07) is 0. The van der Waals surface area contributed by atoms with Gasteiger partial charge in [-0.2, -0.15) is 5.10 Å². The molecule has 8 nitrogen and oxygen atoms in total. The van der Waals surface area contributed by atoms with Gasteiger partial charge in [0.1, 0.15) is 24.0 Å². The molecule has 0 aliphatic rings. The molecule has 0 saturated carbocycles. The van der Waals surface area contributed by atoms with E-state index in [1.807, 2.05) is 0 Å². The zero-order chi connectivity index (χ0) is 11.4. The van der Waals surface area contributed by atoms with Crippen LogP contribution in [0, 0.1) is 10.1 Å². The molecule has 0 spiro atoms. The third-order valence-corrected chi connectivity index (χ3v) is 2.51. The second kappa shape index (κ2) is 4.64. The summed E-state index contributed by atoms with van der Waals surface area (Å²) in [6.07, 6.45) is 2.11. The first-order valence-corrected chi connectivity index (χ1v) is 5.21. The van der Waals surface area contributed by atoms with Crippen LogP contribution in [0.2, 0.25) is 0 Å². The van der Waals surface area contributed by atoms with Crippen LogP contribution in [-0.4, -0.2) is 35.7 Å². The van der Waals surface area contributed by atoms with E-state index in [4.69, 9.17) is 5.11 Å². The van der Waals surface area contributed by atoms with Crippen LogP contribution in [0.25, 0.3) is 0 Å². The molecule has 15 heavy (non-hydrogen) atoms. The molecular weight excluding hydrogens is 226 g/mol. The number of nitrogens with zero attached hydrogens (tertiary/aromatic N) is 3. The molecule has 1 rings (SSSR count). The van der Waals surface area contributed by atoms with Crippen molar-refractivity contribution >= 4 is 22.5 Å². The Morgan fingerprint density at radius 1 is 1.73 bits per heavy atom. The van der Waals surface area contributed by atoms with Crippen LogP contribution in [0.4, 0.5) is 5.69 Å². The zero-order valence-electron chi connectivity index (χ0n) is 7.40. The topological polar surface area (TPSA) is 115 Å². The van der Waals surface area contributed by atoms with E-state index in [0.717, 1.165) is 17.1 Å². The molecule has 0 saturated heterocycles. The minimum Gasteiger partial charge on any atom is -0.481 e. The molecule has 0 radical (unpaired) electrons. The van der Waals surface area contributed by atoms with Crippen LogP contribution in [0.1, 0.15) is 0 Å². The summed E-state index contributed by atoms with van der Waals surface area (Å²) in [4.78, 5) is 19.8. The van der Waals surface area contributed by atoms with Gasteiger partial charge in [-0.1, -0.05) is 0 Å². The van der Waals surface area contributed by atoms with Crippen LogP contribution in [0.3, 0.4) is 0 Å². The summed E-state index contributed by atoms with van der Waals surface area (Å²) < 4.78 is 12.2. The maximum Gasteiger partial charge on any atom is 0.316 e. The lowest BCUT2D eigenvalue weighted by atomic mass is 10.6. The minimum absolute atomic E-state index is 0.167. The Hall–Kier alpha value is -1.77. The lowest BCUT2D eigenvalue weighted by Crippen LogP contribution is -2.14. The van der Waals surface area contributed by atoms with Gasteiger partial charge in [0.15, 0.2) is 0 Å². The monoisotopic (exact) mass is 233 g/mol. The smallest absolute Gasteiger partial charge is 0.316 e. The highest BCUT2D eigenvalue weighted by Crippen LogP contribution is 2.07. The molecule has 1 aromatic rings. The highest BCUT2D eigenvalue weighted by molar-refractivity contribution is 7.84. The molecule has 0 aliphatic heterocycles. The summed E-state index contributed by atoms with van der Waals surface area (Å²) in [5.41, 5.74) is -0.220. The van der Waals surface area contributed by atoms with Crippen LogP contribution in [0.15, 0.2) is 12.4 Å². The van der Waals surface area contributed by atoms with Gasteiger partial charge in [-0.15, -0.1) is 0 Å². The number of rotatable bonds is 5. The first-order chi connectivity index (χ1) is 6.99. The molecule has 1 unspecified atom stereocenters. The van der Waals surface area contributed by atoms with Gasteiger partial charge in [0.05, 0.1) is 15.7 Å². The Kier molecular flexibility index (Phi) is 3.50. The lowest BCUT2D eigenvalue weighted by Gasteiger charge is -1.97. The largest absolute Gasteiger partial charge is 0.481 e. The van der Waals surface area contributed by atoms with Crippen LogP contribution in [-0.2, 0) is 21.5 Å². The normalized spacial score (nSPS) is 12.3. The first-order valence-electron chi connectivity index (χ1n) is 3.72. The molecule has 1 aromatic heterocycles. The number of aliphatic carboxylic acids is 1. The van der Waals surface area contributed by atoms with Gasteiger partial charge >= 0.3 is 11.7 Å². The van der Waals surface area contributed by atoms with Crippen molar-refractivity contribution in [3.63, 3.8) is 0 Å². The summed E-state index contributed by atoms with van der Waals surface area (Å²) in [7, 11) is -1.62. The standard InChI is InChI=1S/C6H7N3O5S/c10-6(11)3-15(14)4-8-2-5(1-7-8)9(12)13/h1-2H,3-4H2,(H,10,11). The number of nitro groups is 1. The van der Waals surface area contributed by atoms with Gasteiger partial charge < -0.3 is 5.11 Å². The van der Waals surface area contributed by atoms with E-state index in [9.17, 15) is 19.1 Å². The summed E-state index contributed by atoms with van der Waals surface area (Å²) in [6.45, 7) is 0. The van der Waals surface area contributed by atoms with Crippen LogP contribution < -0.4 is 0 Å². The van der Waals surface area contributed by atoms with Crippen molar-refractivity contribution in [2.45, 2.75) is 5.88 Å². The molecule has 0 bridgehead atoms. The van der Waals surface area contributed by atoms with Gasteiger partial charge in [0.25, 0.3) is 0 Å². The predicted octanol–water partition coefficient (Wildman–Crippen LogP) is -0.418. The Balaban J connectivity index is 2.61. The molecule has 0 aromatic carbocycles. The average Bonchev–Trinajstić information content (AvgIpc) is 2.50. The highest BCUT2D eigenvalue weighted by Gasteiger charge is 2.11. The van der Waals surface area contributed by atoms with Gasteiger partial charge in [-0.3, -0.25) is 23.8 Å². The third-order valence-electron chi connectivity index (χ3n) is 1.39. The fourth-order valence-electron chi connectivity index (χ4n) is 0.848. The van der Waals surface area contributed by atoms with E-state index in [2.05, 4.69) is 5.10 Å². The predicted molar refractivity (Wildman–Crippen MR) is 49.5 cm³/mol. The summed E-state index contributed by atoms with van der Waals surface area (Å²) >= 11 is 0. The van der Waals surface area contributed by atoms with Crippen molar-refractivity contribution in [2.24, 2.45) is 0 Å². The quantitative estimate of drug-likeness (QED) is 0.545. The maximum absolute atomic E-state index is 11.1. The molecule has 0 amide bonds. The Bertz CT molecular complexity index is 415. The Morgan fingerprint density at radius 2 is 2.40 bits per heavy atom. The van der Waals surface area contributed by atoms with E-state index in [0.29, 0.717) is 0 Å². The number of carbonyl (C=O) groups is 1. The number of hydrogen-bond acceptors (Lipinski definition) is 5. The van der Waals surface area contributed by atoms with Crippen LogP contribution >= 0.6 is 0 Å². The molecule has 1 N–H and O–H groups in total. The summed E-state index contributed by atoms with van der Waals surface area (Å²) in [5.74, 6) is -1.86. The second-order valence-electron chi connectivity index (χ2n) is 2.60. The van der Waals surface area contributed by atoms with Crippen molar-refractivity contribution in [2.75, 3.05) is 5.75 Å². The minimum atomic E-state index is -1.62. The fourth-order valence-corrected chi connectivity index (χ4v) is 1.65. The number of carboxylic acids is 1. The van der Waals surface area contributed by atoms with E-state index in [1.165, 1.54) is 0 Å². The maximum atomic E-state index is 11.1. The summed E-state index contributed by atoms with van der Waals surface area (Å²) in [5, 5.41) is 22.2. The molecule has 1 atom stereocenters. The van der Waals surface area contributed by atoms with Crippen molar-refractivity contribution in [1.82, 2.24) is 9.78 Å². The zero-order valence-corrected chi connectivity index (χ0v) is 8.22. The molecule has 0 fully saturated rings.